The van der Waals surface area contributed by atoms with Crippen LogP contribution in [0.4, 0.5) is 11.6 Å². The van der Waals surface area contributed by atoms with Crippen molar-refractivity contribution in [3.05, 3.63) is 11.9 Å². The molecule has 1 aliphatic carbocycles. The van der Waals surface area contributed by atoms with Crippen LogP contribution in [-0.4, -0.2) is 27.2 Å². The first kappa shape index (κ1) is 13.1. The van der Waals surface area contributed by atoms with E-state index in [0.29, 0.717) is 24.1 Å². The predicted molar refractivity (Wildman–Crippen MR) is 72.4 cm³/mol. The number of hydrogen-bond donors (Lipinski definition) is 3. The van der Waals surface area contributed by atoms with E-state index in [9.17, 15) is 5.11 Å². The number of anilines is 2. The van der Waals surface area contributed by atoms with Crippen molar-refractivity contribution in [3.8, 4) is 0 Å². The van der Waals surface area contributed by atoms with Crippen LogP contribution in [0.25, 0.3) is 0 Å². The second-order valence-corrected chi connectivity index (χ2v) is 5.41. The van der Waals surface area contributed by atoms with Gasteiger partial charge in [0.15, 0.2) is 0 Å². The lowest BCUT2D eigenvalue weighted by atomic mass is 10.0. The van der Waals surface area contributed by atoms with Gasteiger partial charge in [-0.2, -0.15) is 0 Å². The number of nitrogens with one attached hydrogen (secondary N) is 1. The first-order valence-corrected chi connectivity index (χ1v) is 6.61. The summed E-state index contributed by atoms with van der Waals surface area (Å²) in [7, 11) is 0. The molecule has 1 aromatic heterocycles. The number of nitrogens with two attached hydrogens (primary N) is 1. The molecule has 5 nitrogen and oxygen atoms in total. The number of nitrogens with zero attached hydrogens (tertiary/aromatic N) is 2. The Morgan fingerprint density at radius 1 is 1.50 bits per heavy atom. The summed E-state index contributed by atoms with van der Waals surface area (Å²) in [6.45, 7) is 4.36. The highest BCUT2D eigenvalue weighted by molar-refractivity contribution is 5.45. The van der Waals surface area contributed by atoms with Crippen LogP contribution in [-0.2, 0) is 0 Å². The molecule has 0 aliphatic heterocycles. The van der Waals surface area contributed by atoms with Gasteiger partial charge in [-0.3, -0.25) is 0 Å². The fraction of sp³-hybridized carbons (Fsp3) is 0.692. The minimum atomic E-state index is -0.714. The second-order valence-electron chi connectivity index (χ2n) is 5.41. The molecule has 1 heterocycles. The number of rotatable bonds is 6. The molecule has 1 aliphatic rings. The van der Waals surface area contributed by atoms with Crippen LogP contribution in [0.5, 0.6) is 0 Å². The molecule has 1 saturated carbocycles. The van der Waals surface area contributed by atoms with Gasteiger partial charge in [0.05, 0.1) is 5.60 Å². The monoisotopic (exact) mass is 250 g/mol. The van der Waals surface area contributed by atoms with Crippen LogP contribution in [0.15, 0.2) is 6.07 Å². The maximum absolute atomic E-state index is 10.1. The molecule has 18 heavy (non-hydrogen) atoms. The highest BCUT2D eigenvalue weighted by Crippen LogP contribution is 2.38. The van der Waals surface area contributed by atoms with Crippen LogP contribution < -0.4 is 11.1 Å². The molecule has 0 radical (unpaired) electrons. The quantitative estimate of drug-likeness (QED) is 0.718. The van der Waals surface area contributed by atoms with Crippen molar-refractivity contribution in [1.82, 2.24) is 9.97 Å². The summed E-state index contributed by atoms with van der Waals surface area (Å²) >= 11 is 0. The molecular formula is C13H22N4O. The fourth-order valence-electron chi connectivity index (χ4n) is 2.01. The molecule has 1 unspecified atom stereocenters. The van der Waals surface area contributed by atoms with E-state index < -0.39 is 5.60 Å². The van der Waals surface area contributed by atoms with E-state index in [4.69, 9.17) is 5.73 Å². The van der Waals surface area contributed by atoms with E-state index in [2.05, 4.69) is 22.2 Å². The van der Waals surface area contributed by atoms with Gasteiger partial charge in [-0.1, -0.05) is 13.3 Å². The molecule has 0 spiro atoms. The van der Waals surface area contributed by atoms with Gasteiger partial charge < -0.3 is 16.2 Å². The highest BCUT2D eigenvalue weighted by atomic mass is 16.3. The molecule has 0 aromatic carbocycles. The van der Waals surface area contributed by atoms with Crippen LogP contribution in [0.1, 0.15) is 51.3 Å². The summed E-state index contributed by atoms with van der Waals surface area (Å²) in [5.41, 5.74) is 5.06. The van der Waals surface area contributed by atoms with Crippen LogP contribution in [0, 0.1) is 0 Å². The Hall–Kier alpha value is -1.36. The maximum atomic E-state index is 10.1. The Labute approximate surface area is 108 Å². The van der Waals surface area contributed by atoms with Crippen LogP contribution in [0.3, 0.4) is 0 Å². The van der Waals surface area contributed by atoms with Crippen molar-refractivity contribution in [3.63, 3.8) is 0 Å². The molecule has 5 heteroatoms. The predicted octanol–water partition coefficient (Wildman–Crippen LogP) is 1.90. The topological polar surface area (TPSA) is 84.1 Å². The Kier molecular flexibility index (Phi) is 3.71. The molecule has 100 valence electrons. The lowest BCUT2D eigenvalue weighted by Crippen LogP contribution is -2.33. The molecular weight excluding hydrogens is 228 g/mol. The number of aromatic nitrogens is 2. The van der Waals surface area contributed by atoms with Gasteiger partial charge in [0.2, 0.25) is 0 Å². The average molecular weight is 250 g/mol. The van der Waals surface area contributed by atoms with Crippen molar-refractivity contribution >= 4 is 11.6 Å². The molecule has 1 fully saturated rings. The average Bonchev–Trinajstić information content (AvgIpc) is 3.09. The third-order valence-electron chi connectivity index (χ3n) is 3.14. The number of aliphatic hydroxyl groups is 1. The van der Waals surface area contributed by atoms with Gasteiger partial charge in [-0.25, -0.2) is 9.97 Å². The lowest BCUT2D eigenvalue weighted by molar-refractivity contribution is 0.0636. The summed E-state index contributed by atoms with van der Waals surface area (Å²) in [4.78, 5) is 8.69. The molecule has 2 rings (SSSR count). The van der Waals surface area contributed by atoms with E-state index in [1.165, 1.54) is 0 Å². The smallest absolute Gasteiger partial charge is 0.136 e. The van der Waals surface area contributed by atoms with Crippen molar-refractivity contribution in [2.75, 3.05) is 17.6 Å². The van der Waals surface area contributed by atoms with Gasteiger partial charge in [-0.15, -0.1) is 0 Å². The zero-order chi connectivity index (χ0) is 13.2. The summed E-state index contributed by atoms with van der Waals surface area (Å²) in [6.07, 6.45) is 4.01. The van der Waals surface area contributed by atoms with E-state index in [-0.39, 0.29) is 0 Å². The first-order valence-electron chi connectivity index (χ1n) is 6.61. The summed E-state index contributed by atoms with van der Waals surface area (Å²) in [5, 5.41) is 13.3. The zero-order valence-corrected chi connectivity index (χ0v) is 11.1. The third kappa shape index (κ3) is 3.57. The van der Waals surface area contributed by atoms with E-state index >= 15 is 0 Å². The van der Waals surface area contributed by atoms with E-state index in [1.807, 2.05) is 6.92 Å². The minimum Gasteiger partial charge on any atom is -0.388 e. The second kappa shape index (κ2) is 5.10. The van der Waals surface area contributed by atoms with Crippen LogP contribution >= 0.6 is 0 Å². The Morgan fingerprint density at radius 3 is 2.83 bits per heavy atom. The Bertz CT molecular complexity index is 415. The van der Waals surface area contributed by atoms with Crippen molar-refractivity contribution in [1.29, 1.82) is 0 Å². The normalized spacial score (nSPS) is 18.4. The van der Waals surface area contributed by atoms with Crippen molar-refractivity contribution in [2.24, 2.45) is 0 Å². The van der Waals surface area contributed by atoms with Gasteiger partial charge in [0.1, 0.15) is 17.5 Å². The van der Waals surface area contributed by atoms with Gasteiger partial charge in [-0.05, 0) is 26.2 Å². The third-order valence-corrected chi connectivity index (χ3v) is 3.14. The first-order chi connectivity index (χ1) is 8.50. The largest absolute Gasteiger partial charge is 0.388 e. The summed E-state index contributed by atoms with van der Waals surface area (Å²) in [6, 6.07) is 1.72. The van der Waals surface area contributed by atoms with E-state index in [1.54, 1.807) is 6.07 Å². The zero-order valence-electron chi connectivity index (χ0n) is 11.1. The van der Waals surface area contributed by atoms with Crippen LogP contribution in [0.2, 0.25) is 0 Å². The molecule has 0 amide bonds. The standard InChI is InChI=1S/C13H22N4O/c1-3-6-13(2,18)8-15-11-7-10(14)16-12(17-11)9-4-5-9/h7,9,18H,3-6,8H2,1-2H3,(H3,14,15,16,17). The van der Waals surface area contributed by atoms with Gasteiger partial charge >= 0.3 is 0 Å². The maximum Gasteiger partial charge on any atom is 0.136 e. The molecule has 4 N–H and O–H groups in total. The summed E-state index contributed by atoms with van der Waals surface area (Å²) in [5.74, 6) is 2.50. The summed E-state index contributed by atoms with van der Waals surface area (Å²) < 4.78 is 0. The number of nitrogen functional groups attached to an aromatic ring is 1. The molecule has 1 aromatic rings. The minimum absolute atomic E-state index is 0.474. The van der Waals surface area contributed by atoms with Crippen molar-refractivity contribution < 1.29 is 5.11 Å². The fourth-order valence-corrected chi connectivity index (χ4v) is 2.01. The molecule has 0 bridgehead atoms. The van der Waals surface area contributed by atoms with E-state index in [0.717, 1.165) is 31.5 Å². The van der Waals surface area contributed by atoms with Gasteiger partial charge in [0, 0.05) is 18.5 Å². The molecule has 1 atom stereocenters. The number of hydrogen-bond acceptors (Lipinski definition) is 5. The lowest BCUT2D eigenvalue weighted by Gasteiger charge is -2.23. The molecule has 0 saturated heterocycles. The SMILES string of the molecule is CCCC(C)(O)CNc1cc(N)nc(C2CC2)n1. The van der Waals surface area contributed by atoms with Crippen molar-refractivity contribution in [2.45, 2.75) is 51.0 Å². The highest BCUT2D eigenvalue weighted by Gasteiger charge is 2.27. The Balaban J connectivity index is 2.00. The van der Waals surface area contributed by atoms with Gasteiger partial charge in [0.25, 0.3) is 0 Å². The Morgan fingerprint density at radius 2 is 2.22 bits per heavy atom.